The summed E-state index contributed by atoms with van der Waals surface area (Å²) >= 11 is 0. The van der Waals surface area contributed by atoms with Crippen LogP contribution in [0.5, 0.6) is 0 Å². The number of rotatable bonds is 5. The van der Waals surface area contributed by atoms with Crippen molar-refractivity contribution in [3.63, 3.8) is 0 Å². The Morgan fingerprint density at radius 2 is 2.00 bits per heavy atom. The average Bonchev–Trinajstić information content (AvgIpc) is 2.99. The van der Waals surface area contributed by atoms with Gasteiger partial charge in [-0.3, -0.25) is 4.90 Å². The monoisotopic (exact) mass is 281 g/mol. The zero-order chi connectivity index (χ0) is 14.7. The molecule has 0 saturated carbocycles. The van der Waals surface area contributed by atoms with E-state index >= 15 is 0 Å². The predicted molar refractivity (Wildman–Crippen MR) is 85.2 cm³/mol. The molecule has 0 spiro atoms. The van der Waals surface area contributed by atoms with Gasteiger partial charge in [0.1, 0.15) is 11.6 Å². The van der Waals surface area contributed by atoms with E-state index in [1.54, 1.807) is 6.26 Å². The van der Waals surface area contributed by atoms with Crippen LogP contribution in [-0.4, -0.2) is 24.0 Å². The Morgan fingerprint density at radius 3 is 2.76 bits per heavy atom. The molecule has 0 bridgehead atoms. The third-order valence-corrected chi connectivity index (χ3v) is 3.49. The van der Waals surface area contributed by atoms with Gasteiger partial charge in [0.2, 0.25) is 0 Å². The summed E-state index contributed by atoms with van der Waals surface area (Å²) in [7, 11) is 3.99. The van der Waals surface area contributed by atoms with Crippen LogP contribution in [0.25, 0.3) is 10.9 Å². The van der Waals surface area contributed by atoms with Gasteiger partial charge in [-0.25, -0.2) is 4.98 Å². The maximum atomic E-state index is 5.40. The van der Waals surface area contributed by atoms with Gasteiger partial charge in [-0.1, -0.05) is 18.2 Å². The SMILES string of the molecule is CNc1nc2ccccc2cc1CN(C)Cc1ccco1. The van der Waals surface area contributed by atoms with E-state index in [0.29, 0.717) is 0 Å². The lowest BCUT2D eigenvalue weighted by Crippen LogP contribution is -2.18. The Balaban J connectivity index is 1.84. The van der Waals surface area contributed by atoms with Gasteiger partial charge >= 0.3 is 0 Å². The minimum absolute atomic E-state index is 0.781. The van der Waals surface area contributed by atoms with Crippen molar-refractivity contribution in [1.29, 1.82) is 0 Å². The topological polar surface area (TPSA) is 41.3 Å². The van der Waals surface area contributed by atoms with E-state index in [1.165, 1.54) is 5.56 Å². The molecule has 0 fully saturated rings. The minimum atomic E-state index is 0.781. The number of anilines is 1. The normalized spacial score (nSPS) is 11.2. The number of pyridine rings is 1. The molecule has 3 rings (SSSR count). The smallest absolute Gasteiger partial charge is 0.130 e. The number of benzene rings is 1. The maximum absolute atomic E-state index is 5.40. The molecule has 0 atom stereocenters. The Labute approximate surface area is 124 Å². The average molecular weight is 281 g/mol. The van der Waals surface area contributed by atoms with Crippen molar-refractivity contribution in [3.8, 4) is 0 Å². The van der Waals surface area contributed by atoms with Crippen LogP contribution in [0.2, 0.25) is 0 Å². The van der Waals surface area contributed by atoms with Crippen LogP contribution in [0, 0.1) is 0 Å². The number of furan rings is 1. The van der Waals surface area contributed by atoms with Gasteiger partial charge in [0, 0.05) is 24.5 Å². The number of hydrogen-bond donors (Lipinski definition) is 1. The third kappa shape index (κ3) is 3.06. The van der Waals surface area contributed by atoms with Crippen molar-refractivity contribution >= 4 is 16.7 Å². The summed E-state index contributed by atoms with van der Waals surface area (Å²) in [4.78, 5) is 6.90. The molecule has 0 radical (unpaired) electrons. The van der Waals surface area contributed by atoms with Crippen LogP contribution >= 0.6 is 0 Å². The first kappa shape index (κ1) is 13.6. The Morgan fingerprint density at radius 1 is 1.14 bits per heavy atom. The van der Waals surface area contributed by atoms with E-state index in [4.69, 9.17) is 4.42 Å². The van der Waals surface area contributed by atoms with Gasteiger partial charge in [-0.15, -0.1) is 0 Å². The van der Waals surface area contributed by atoms with E-state index in [9.17, 15) is 0 Å². The minimum Gasteiger partial charge on any atom is -0.468 e. The van der Waals surface area contributed by atoms with Gasteiger partial charge in [-0.05, 0) is 31.3 Å². The van der Waals surface area contributed by atoms with Gasteiger partial charge in [0.05, 0.1) is 18.3 Å². The molecule has 0 saturated heterocycles. The molecular weight excluding hydrogens is 262 g/mol. The van der Waals surface area contributed by atoms with E-state index in [0.717, 1.165) is 35.6 Å². The lowest BCUT2D eigenvalue weighted by atomic mass is 10.1. The summed E-state index contributed by atoms with van der Waals surface area (Å²) in [6.45, 7) is 1.59. The second-order valence-corrected chi connectivity index (χ2v) is 5.19. The number of fused-ring (bicyclic) bond motifs is 1. The molecule has 3 aromatic rings. The van der Waals surface area contributed by atoms with Crippen LogP contribution in [-0.2, 0) is 13.1 Å². The molecule has 0 aliphatic heterocycles. The molecule has 2 heterocycles. The highest BCUT2D eigenvalue weighted by Crippen LogP contribution is 2.21. The summed E-state index contributed by atoms with van der Waals surface area (Å²) in [5, 5.41) is 4.36. The van der Waals surface area contributed by atoms with Crippen LogP contribution < -0.4 is 5.32 Å². The highest BCUT2D eigenvalue weighted by atomic mass is 16.3. The summed E-state index contributed by atoms with van der Waals surface area (Å²) in [5.74, 6) is 1.90. The third-order valence-electron chi connectivity index (χ3n) is 3.49. The highest BCUT2D eigenvalue weighted by Gasteiger charge is 2.09. The molecule has 1 aromatic carbocycles. The Bertz CT molecular complexity index is 722. The molecule has 4 nitrogen and oxygen atoms in total. The summed E-state index contributed by atoms with van der Waals surface area (Å²) in [6.07, 6.45) is 1.71. The van der Waals surface area contributed by atoms with E-state index in [1.807, 2.05) is 37.4 Å². The number of nitrogens with zero attached hydrogens (tertiary/aromatic N) is 2. The van der Waals surface area contributed by atoms with E-state index < -0.39 is 0 Å². The van der Waals surface area contributed by atoms with Crippen molar-refractivity contribution in [2.24, 2.45) is 0 Å². The predicted octanol–water partition coefficient (Wildman–Crippen LogP) is 3.50. The lowest BCUT2D eigenvalue weighted by molar-refractivity contribution is 0.288. The van der Waals surface area contributed by atoms with Crippen molar-refractivity contribution < 1.29 is 4.42 Å². The zero-order valence-corrected chi connectivity index (χ0v) is 12.3. The molecule has 21 heavy (non-hydrogen) atoms. The van der Waals surface area contributed by atoms with Gasteiger partial charge in [0.25, 0.3) is 0 Å². The zero-order valence-electron chi connectivity index (χ0n) is 12.3. The van der Waals surface area contributed by atoms with Gasteiger partial charge in [0.15, 0.2) is 0 Å². The fraction of sp³-hybridized carbons (Fsp3) is 0.235. The Hall–Kier alpha value is -2.33. The molecule has 0 aliphatic carbocycles. The molecule has 1 N–H and O–H groups in total. The summed E-state index contributed by atoms with van der Waals surface area (Å²) in [5.41, 5.74) is 2.20. The maximum Gasteiger partial charge on any atom is 0.130 e. The number of nitrogens with one attached hydrogen (secondary N) is 1. The first-order valence-electron chi connectivity index (χ1n) is 7.03. The molecule has 108 valence electrons. The fourth-order valence-electron chi connectivity index (χ4n) is 2.51. The van der Waals surface area contributed by atoms with Crippen LogP contribution in [0.3, 0.4) is 0 Å². The molecule has 2 aromatic heterocycles. The van der Waals surface area contributed by atoms with Crippen LogP contribution in [0.1, 0.15) is 11.3 Å². The van der Waals surface area contributed by atoms with E-state index in [-0.39, 0.29) is 0 Å². The van der Waals surface area contributed by atoms with Crippen LogP contribution in [0.4, 0.5) is 5.82 Å². The molecule has 0 unspecified atom stereocenters. The quantitative estimate of drug-likeness (QED) is 0.777. The first-order valence-corrected chi connectivity index (χ1v) is 7.03. The van der Waals surface area contributed by atoms with Gasteiger partial charge in [-0.2, -0.15) is 0 Å². The lowest BCUT2D eigenvalue weighted by Gasteiger charge is -2.17. The first-order chi connectivity index (χ1) is 10.3. The summed E-state index contributed by atoms with van der Waals surface area (Å²) < 4.78 is 5.40. The molecule has 0 amide bonds. The molecular formula is C17H19N3O. The molecule has 4 heteroatoms. The van der Waals surface area contributed by atoms with Crippen molar-refractivity contribution in [2.75, 3.05) is 19.4 Å². The fourth-order valence-corrected chi connectivity index (χ4v) is 2.51. The van der Waals surface area contributed by atoms with Crippen molar-refractivity contribution in [1.82, 2.24) is 9.88 Å². The van der Waals surface area contributed by atoms with E-state index in [2.05, 4.69) is 34.4 Å². The van der Waals surface area contributed by atoms with Gasteiger partial charge < -0.3 is 9.73 Å². The highest BCUT2D eigenvalue weighted by molar-refractivity contribution is 5.81. The largest absolute Gasteiger partial charge is 0.468 e. The number of para-hydroxylation sites is 1. The summed E-state index contributed by atoms with van der Waals surface area (Å²) in [6, 6.07) is 14.3. The number of hydrogen-bond acceptors (Lipinski definition) is 4. The standard InChI is InChI=1S/C17H19N3O/c1-18-17-14(10-13-6-3-4-8-16(13)19-17)11-20(2)12-15-7-5-9-21-15/h3-10H,11-12H2,1-2H3,(H,18,19). The second-order valence-electron chi connectivity index (χ2n) is 5.19. The van der Waals surface area contributed by atoms with Crippen molar-refractivity contribution in [2.45, 2.75) is 13.1 Å². The number of aromatic nitrogens is 1. The Kier molecular flexibility index (Phi) is 3.88. The van der Waals surface area contributed by atoms with Crippen LogP contribution in [0.15, 0.2) is 53.1 Å². The van der Waals surface area contributed by atoms with Crippen molar-refractivity contribution in [3.05, 3.63) is 60.1 Å². The second kappa shape index (κ2) is 5.97. The molecule has 0 aliphatic rings.